The van der Waals surface area contributed by atoms with Crippen LogP contribution in [-0.4, -0.2) is 41.5 Å². The molecular formula is C24H34N4O2S. The summed E-state index contributed by atoms with van der Waals surface area (Å²) < 4.78 is 0. The number of carbonyl (C=O) groups excluding carboxylic acids is 1. The molecule has 0 aliphatic carbocycles. The van der Waals surface area contributed by atoms with E-state index < -0.39 is 6.10 Å². The maximum atomic E-state index is 12.5. The zero-order valence-corrected chi connectivity index (χ0v) is 19.4. The summed E-state index contributed by atoms with van der Waals surface area (Å²) in [5, 5.41) is 18.5. The normalized spacial score (nSPS) is 16.2. The summed E-state index contributed by atoms with van der Waals surface area (Å²) in [4.78, 5) is 14.4. The van der Waals surface area contributed by atoms with Crippen LogP contribution in [-0.2, 0) is 11.2 Å². The molecule has 31 heavy (non-hydrogen) atoms. The van der Waals surface area contributed by atoms with Gasteiger partial charge in [0.05, 0.1) is 12.5 Å². The fraction of sp³-hybridized carbons (Fsp3) is 0.375. The van der Waals surface area contributed by atoms with E-state index in [2.05, 4.69) is 10.6 Å². The minimum absolute atomic E-state index is 0.0577. The number of aliphatic hydroxyl groups excluding tert-OH is 1. The molecular weight excluding hydrogens is 408 g/mol. The van der Waals surface area contributed by atoms with Gasteiger partial charge in [-0.3, -0.25) is 4.79 Å². The Labute approximate surface area is 189 Å². The van der Waals surface area contributed by atoms with E-state index in [1.807, 2.05) is 85.8 Å². The van der Waals surface area contributed by atoms with Crippen LogP contribution in [0.25, 0.3) is 0 Å². The van der Waals surface area contributed by atoms with Gasteiger partial charge in [-0.2, -0.15) is 0 Å². The number of para-hydroxylation sites is 1. The second-order valence-corrected chi connectivity index (χ2v) is 8.00. The van der Waals surface area contributed by atoms with Crippen LogP contribution < -0.4 is 16.4 Å². The lowest BCUT2D eigenvalue weighted by Crippen LogP contribution is -2.32. The second-order valence-electron chi connectivity index (χ2n) is 7.01. The first-order chi connectivity index (χ1) is 15.0. The number of anilines is 1. The highest BCUT2D eigenvalue weighted by atomic mass is 32.2. The van der Waals surface area contributed by atoms with E-state index in [9.17, 15) is 9.90 Å². The van der Waals surface area contributed by atoms with E-state index in [1.165, 1.54) is 11.8 Å². The Hall–Kier alpha value is -2.32. The van der Waals surface area contributed by atoms with Gasteiger partial charge in [-0.05, 0) is 35.6 Å². The molecule has 2 unspecified atom stereocenters. The Bertz CT molecular complexity index is 844. The summed E-state index contributed by atoms with van der Waals surface area (Å²) in [6.45, 7) is 5.19. The van der Waals surface area contributed by atoms with Crippen LogP contribution in [0.15, 0.2) is 65.7 Å². The Balaban J connectivity index is 0.00000166. The first kappa shape index (κ1) is 24.9. The Morgan fingerprint density at radius 1 is 1.16 bits per heavy atom. The first-order valence-corrected chi connectivity index (χ1v) is 11.6. The summed E-state index contributed by atoms with van der Waals surface area (Å²) in [5.74, 6) is -0.0577. The highest BCUT2D eigenvalue weighted by Crippen LogP contribution is 2.28. The number of nitrogens with zero attached hydrogens (tertiary/aromatic N) is 1. The van der Waals surface area contributed by atoms with Gasteiger partial charge >= 0.3 is 0 Å². The van der Waals surface area contributed by atoms with E-state index in [0.29, 0.717) is 19.5 Å². The van der Waals surface area contributed by atoms with Gasteiger partial charge in [0.1, 0.15) is 5.50 Å². The molecule has 0 aromatic heterocycles. The molecule has 2 aromatic carbocycles. The summed E-state index contributed by atoms with van der Waals surface area (Å²) in [5.41, 5.74) is 9.51. The van der Waals surface area contributed by atoms with Crippen molar-refractivity contribution in [3.63, 3.8) is 0 Å². The van der Waals surface area contributed by atoms with E-state index in [0.717, 1.165) is 28.9 Å². The topological polar surface area (TPSA) is 90.6 Å². The van der Waals surface area contributed by atoms with Crippen molar-refractivity contribution in [2.24, 2.45) is 5.73 Å². The van der Waals surface area contributed by atoms with Crippen molar-refractivity contribution in [2.45, 2.75) is 38.3 Å². The van der Waals surface area contributed by atoms with Crippen molar-refractivity contribution in [1.29, 1.82) is 0 Å². The molecule has 1 amide bonds. The van der Waals surface area contributed by atoms with Crippen molar-refractivity contribution >= 4 is 23.4 Å². The molecule has 5 N–H and O–H groups in total. The minimum Gasteiger partial charge on any atom is -0.387 e. The van der Waals surface area contributed by atoms with Gasteiger partial charge in [0.25, 0.3) is 0 Å². The van der Waals surface area contributed by atoms with Crippen LogP contribution in [0.2, 0.25) is 0 Å². The number of carbonyl (C=O) groups is 1. The summed E-state index contributed by atoms with van der Waals surface area (Å²) in [7, 11) is 1.90. The molecule has 0 saturated heterocycles. The second kappa shape index (κ2) is 13.2. The number of nitrogens with two attached hydrogens (primary N) is 1. The molecule has 168 valence electrons. The van der Waals surface area contributed by atoms with Crippen LogP contribution >= 0.6 is 11.8 Å². The van der Waals surface area contributed by atoms with Crippen molar-refractivity contribution in [3.05, 3.63) is 76.8 Å². The van der Waals surface area contributed by atoms with Gasteiger partial charge in [-0.1, -0.05) is 74.1 Å². The molecule has 1 heterocycles. The van der Waals surface area contributed by atoms with Crippen LogP contribution in [0.4, 0.5) is 5.69 Å². The molecule has 0 bridgehead atoms. The zero-order chi connectivity index (χ0) is 22.6. The van der Waals surface area contributed by atoms with E-state index in [-0.39, 0.29) is 11.4 Å². The molecule has 1 aliphatic heterocycles. The average Bonchev–Trinajstić information content (AvgIpc) is 3.11. The molecule has 0 fully saturated rings. The molecule has 7 heteroatoms. The van der Waals surface area contributed by atoms with Crippen molar-refractivity contribution in [1.82, 2.24) is 10.2 Å². The maximum Gasteiger partial charge on any atom is 0.230 e. The smallest absolute Gasteiger partial charge is 0.230 e. The van der Waals surface area contributed by atoms with Gasteiger partial charge in [0.15, 0.2) is 0 Å². The van der Waals surface area contributed by atoms with Gasteiger partial charge in [-0.15, -0.1) is 0 Å². The molecule has 1 aliphatic rings. The van der Waals surface area contributed by atoms with E-state index in [4.69, 9.17) is 5.73 Å². The lowest BCUT2D eigenvalue weighted by atomic mass is 10.1. The van der Waals surface area contributed by atoms with Crippen LogP contribution in [0.5, 0.6) is 0 Å². The van der Waals surface area contributed by atoms with Crippen LogP contribution in [0.1, 0.15) is 37.5 Å². The number of nitrogens with one attached hydrogen (secondary N) is 2. The number of amides is 1. The van der Waals surface area contributed by atoms with Crippen molar-refractivity contribution in [3.8, 4) is 0 Å². The van der Waals surface area contributed by atoms with E-state index in [1.54, 1.807) is 0 Å². The predicted octanol–water partition coefficient (Wildman–Crippen LogP) is 3.67. The van der Waals surface area contributed by atoms with Crippen molar-refractivity contribution < 1.29 is 9.90 Å². The third-order valence-electron chi connectivity index (χ3n) is 4.90. The highest BCUT2D eigenvalue weighted by Gasteiger charge is 2.21. The predicted molar refractivity (Wildman–Crippen MR) is 130 cm³/mol. The largest absolute Gasteiger partial charge is 0.387 e. The third kappa shape index (κ3) is 7.70. The number of hydrogen-bond acceptors (Lipinski definition) is 6. The molecule has 2 aromatic rings. The number of thioether (sulfide) groups is 1. The van der Waals surface area contributed by atoms with Gasteiger partial charge in [0.2, 0.25) is 5.91 Å². The molecule has 0 saturated carbocycles. The quantitative estimate of drug-likeness (QED) is 0.443. The first-order valence-electron chi connectivity index (χ1n) is 10.7. The van der Waals surface area contributed by atoms with Gasteiger partial charge in [0, 0.05) is 25.0 Å². The lowest BCUT2D eigenvalue weighted by molar-refractivity contribution is -0.115. The zero-order valence-electron chi connectivity index (χ0n) is 18.5. The fourth-order valence-electron chi connectivity index (χ4n) is 3.13. The van der Waals surface area contributed by atoms with Crippen LogP contribution in [0.3, 0.4) is 0 Å². The Morgan fingerprint density at radius 3 is 2.52 bits per heavy atom. The summed E-state index contributed by atoms with van der Waals surface area (Å²) in [6, 6.07) is 17.4. The Kier molecular flexibility index (Phi) is 10.6. The number of hydrogen-bond donors (Lipinski definition) is 4. The molecule has 0 radical (unpaired) electrons. The van der Waals surface area contributed by atoms with Gasteiger partial charge < -0.3 is 26.4 Å². The highest BCUT2D eigenvalue weighted by molar-refractivity contribution is 8.02. The van der Waals surface area contributed by atoms with Gasteiger partial charge in [-0.25, -0.2) is 0 Å². The summed E-state index contributed by atoms with van der Waals surface area (Å²) in [6.07, 6.45) is 0.515. The molecule has 0 spiro atoms. The maximum absolute atomic E-state index is 12.5. The summed E-state index contributed by atoms with van der Waals surface area (Å²) >= 11 is 1.51. The number of rotatable bonds is 9. The molecule has 2 atom stereocenters. The van der Waals surface area contributed by atoms with Crippen LogP contribution in [0, 0.1) is 0 Å². The fourth-order valence-corrected chi connectivity index (χ4v) is 3.99. The molecule has 6 nitrogen and oxygen atoms in total. The monoisotopic (exact) mass is 442 g/mol. The lowest BCUT2D eigenvalue weighted by Gasteiger charge is -2.20. The van der Waals surface area contributed by atoms with Crippen molar-refractivity contribution in [2.75, 3.05) is 25.5 Å². The third-order valence-corrected chi connectivity index (χ3v) is 5.91. The SMILES string of the molecule is CC.CN1C(CC(=O)Nc2ccccc2CCNCC(O)c2ccccc2)=CSC1N. The molecule has 3 rings (SSSR count). The number of aliphatic hydroxyl groups is 1. The standard InChI is InChI=1S/C22H28N4O2S.C2H6/c1-26-18(15-29-22(26)23)13-21(28)25-19-10-6-5-7-16(19)11-12-24-14-20(27)17-8-3-2-4-9-17;1-2/h2-10,15,20,22,24,27H,11-14,23H2,1H3,(H,25,28);1-2H3. The minimum atomic E-state index is -0.535. The average molecular weight is 443 g/mol. The number of benzene rings is 2. The van der Waals surface area contributed by atoms with E-state index >= 15 is 0 Å². The Morgan fingerprint density at radius 2 is 1.84 bits per heavy atom.